The molecule has 3 rings (SSSR count). The van der Waals surface area contributed by atoms with Gasteiger partial charge in [-0.15, -0.1) is 0 Å². The lowest BCUT2D eigenvalue weighted by molar-refractivity contribution is 1.09. The predicted molar refractivity (Wildman–Crippen MR) is 117 cm³/mol. The van der Waals surface area contributed by atoms with Gasteiger partial charge in [0.25, 0.3) is 0 Å². The molecule has 28 heavy (non-hydrogen) atoms. The molecule has 0 aliphatic carbocycles. The fourth-order valence-corrected chi connectivity index (χ4v) is 2.94. The van der Waals surface area contributed by atoms with Gasteiger partial charge in [-0.25, -0.2) is 4.98 Å². The molecular formula is C23H23N5. The molecule has 0 bridgehead atoms. The first kappa shape index (κ1) is 19.0. The van der Waals surface area contributed by atoms with Crippen LogP contribution in [-0.4, -0.2) is 23.6 Å². The van der Waals surface area contributed by atoms with Gasteiger partial charge in [0.2, 0.25) is 0 Å². The van der Waals surface area contributed by atoms with Gasteiger partial charge in [-0.05, 0) is 37.3 Å². The zero-order valence-corrected chi connectivity index (χ0v) is 16.3. The molecular weight excluding hydrogens is 346 g/mol. The number of anilines is 2. The summed E-state index contributed by atoms with van der Waals surface area (Å²) in [5, 5.41) is 12.5. The lowest BCUT2D eigenvalue weighted by atomic mass is 10.1. The summed E-state index contributed by atoms with van der Waals surface area (Å²) < 4.78 is 1.97. The second kappa shape index (κ2) is 8.28. The van der Waals surface area contributed by atoms with Crippen molar-refractivity contribution in [2.75, 3.05) is 24.3 Å². The van der Waals surface area contributed by atoms with Crippen LogP contribution in [0.15, 0.2) is 67.4 Å². The molecule has 1 heterocycles. The van der Waals surface area contributed by atoms with Gasteiger partial charge in [0, 0.05) is 37.2 Å². The Morgan fingerprint density at radius 3 is 2.71 bits per heavy atom. The highest BCUT2D eigenvalue weighted by molar-refractivity contribution is 5.77. The lowest BCUT2D eigenvalue weighted by Gasteiger charge is -2.16. The van der Waals surface area contributed by atoms with E-state index in [-0.39, 0.29) is 0 Å². The van der Waals surface area contributed by atoms with Crippen molar-refractivity contribution in [2.45, 2.75) is 6.92 Å². The van der Waals surface area contributed by atoms with Crippen LogP contribution in [-0.2, 0) is 0 Å². The highest BCUT2D eigenvalue weighted by atomic mass is 15.1. The third-order valence-corrected chi connectivity index (χ3v) is 4.31. The van der Waals surface area contributed by atoms with E-state index in [1.54, 1.807) is 12.3 Å². The molecule has 140 valence electrons. The second-order valence-corrected chi connectivity index (χ2v) is 6.56. The van der Waals surface area contributed by atoms with E-state index in [4.69, 9.17) is 0 Å². The van der Waals surface area contributed by atoms with E-state index in [2.05, 4.69) is 40.0 Å². The third-order valence-electron chi connectivity index (χ3n) is 4.31. The summed E-state index contributed by atoms with van der Waals surface area (Å²) in [6, 6.07) is 17.8. The van der Waals surface area contributed by atoms with Crippen molar-refractivity contribution in [3.63, 3.8) is 0 Å². The van der Waals surface area contributed by atoms with Crippen LogP contribution < -0.4 is 10.2 Å². The maximum atomic E-state index is 9.19. The Morgan fingerprint density at radius 2 is 2.00 bits per heavy atom. The Hall–Kier alpha value is -3.78. The number of nitrogens with zero attached hydrogens (tertiary/aromatic N) is 4. The van der Waals surface area contributed by atoms with Crippen LogP contribution in [0.2, 0.25) is 0 Å². The average molecular weight is 369 g/mol. The van der Waals surface area contributed by atoms with Crippen molar-refractivity contribution in [3.8, 4) is 17.3 Å². The standard InChI is InChI=1S/C23H23N5/c1-5-12-28-22(19-9-6-8-18(13-19)15-24)16-25-23(28)17(2)26-20-10-7-11-21(14-20)27(3)4/h5-14,16,26H,2H2,1,3-4H3/b12-5-. The van der Waals surface area contributed by atoms with Crippen molar-refractivity contribution >= 4 is 23.3 Å². The highest BCUT2D eigenvalue weighted by Gasteiger charge is 2.13. The molecule has 0 unspecified atom stereocenters. The molecule has 0 spiro atoms. The van der Waals surface area contributed by atoms with E-state index in [0.29, 0.717) is 17.1 Å². The van der Waals surface area contributed by atoms with Gasteiger partial charge in [-0.2, -0.15) is 5.26 Å². The SMILES string of the molecule is C=C(Nc1cccc(N(C)C)c1)c1ncc(-c2cccc(C#N)c2)n1/C=C\C. The van der Waals surface area contributed by atoms with Gasteiger partial charge in [-0.1, -0.05) is 30.9 Å². The van der Waals surface area contributed by atoms with Crippen LogP contribution in [0, 0.1) is 11.3 Å². The number of rotatable bonds is 6. The van der Waals surface area contributed by atoms with E-state index in [0.717, 1.165) is 22.6 Å². The maximum absolute atomic E-state index is 9.19. The fraction of sp³-hybridized carbons (Fsp3) is 0.130. The minimum absolute atomic E-state index is 0.615. The maximum Gasteiger partial charge on any atom is 0.160 e. The summed E-state index contributed by atoms with van der Waals surface area (Å²) >= 11 is 0. The first-order chi connectivity index (χ1) is 13.5. The average Bonchev–Trinajstić information content (AvgIpc) is 3.12. The van der Waals surface area contributed by atoms with Gasteiger partial charge >= 0.3 is 0 Å². The summed E-state index contributed by atoms with van der Waals surface area (Å²) in [5.74, 6) is 0.714. The second-order valence-electron chi connectivity index (χ2n) is 6.56. The van der Waals surface area contributed by atoms with Gasteiger partial charge in [-0.3, -0.25) is 4.57 Å². The Kier molecular flexibility index (Phi) is 5.61. The molecule has 0 saturated carbocycles. The number of nitriles is 1. The van der Waals surface area contributed by atoms with Gasteiger partial charge < -0.3 is 10.2 Å². The van der Waals surface area contributed by atoms with Crippen molar-refractivity contribution in [3.05, 3.63) is 78.8 Å². The molecule has 0 aliphatic rings. The van der Waals surface area contributed by atoms with Crippen molar-refractivity contribution in [1.29, 1.82) is 5.26 Å². The molecule has 0 saturated heterocycles. The van der Waals surface area contributed by atoms with E-state index in [1.807, 2.05) is 68.2 Å². The largest absolute Gasteiger partial charge is 0.378 e. The van der Waals surface area contributed by atoms with Crippen LogP contribution >= 0.6 is 0 Å². The number of aromatic nitrogens is 2. The van der Waals surface area contributed by atoms with E-state index < -0.39 is 0 Å². The quantitative estimate of drug-likeness (QED) is 0.660. The Labute approximate surface area is 165 Å². The van der Waals surface area contributed by atoms with Crippen molar-refractivity contribution in [2.24, 2.45) is 0 Å². The monoisotopic (exact) mass is 369 g/mol. The van der Waals surface area contributed by atoms with Crippen LogP contribution in [0.3, 0.4) is 0 Å². The summed E-state index contributed by atoms with van der Waals surface area (Å²) in [6.45, 7) is 6.14. The smallest absolute Gasteiger partial charge is 0.160 e. The number of hydrogen-bond acceptors (Lipinski definition) is 4. The fourth-order valence-electron chi connectivity index (χ4n) is 2.94. The van der Waals surface area contributed by atoms with Crippen molar-refractivity contribution in [1.82, 2.24) is 9.55 Å². The van der Waals surface area contributed by atoms with Gasteiger partial charge in [0.05, 0.1) is 29.2 Å². The molecule has 5 nitrogen and oxygen atoms in total. The number of allylic oxidation sites excluding steroid dienone is 1. The topological polar surface area (TPSA) is 56.9 Å². The minimum Gasteiger partial charge on any atom is -0.378 e. The number of benzene rings is 2. The van der Waals surface area contributed by atoms with E-state index in [9.17, 15) is 5.26 Å². The molecule has 5 heteroatoms. The normalized spacial score (nSPS) is 10.6. The minimum atomic E-state index is 0.615. The number of nitrogens with one attached hydrogen (secondary N) is 1. The molecule has 3 aromatic rings. The Balaban J connectivity index is 1.96. The van der Waals surface area contributed by atoms with Crippen molar-refractivity contribution < 1.29 is 0 Å². The molecule has 0 atom stereocenters. The number of imidazole rings is 1. The van der Waals surface area contributed by atoms with Gasteiger partial charge in [0.15, 0.2) is 5.82 Å². The highest BCUT2D eigenvalue weighted by Crippen LogP contribution is 2.27. The van der Waals surface area contributed by atoms with Crippen LogP contribution in [0.25, 0.3) is 23.2 Å². The predicted octanol–water partition coefficient (Wildman–Crippen LogP) is 5.06. The summed E-state index contributed by atoms with van der Waals surface area (Å²) in [6.07, 6.45) is 5.69. The van der Waals surface area contributed by atoms with E-state index in [1.165, 1.54) is 0 Å². The Morgan fingerprint density at radius 1 is 1.21 bits per heavy atom. The third kappa shape index (κ3) is 3.97. The Bertz CT molecular complexity index is 1070. The lowest BCUT2D eigenvalue weighted by Crippen LogP contribution is -2.09. The zero-order valence-electron chi connectivity index (χ0n) is 16.3. The van der Waals surface area contributed by atoms with E-state index >= 15 is 0 Å². The summed E-state index contributed by atoms with van der Waals surface area (Å²) in [5.41, 5.74) is 5.18. The molecule has 0 radical (unpaired) electrons. The molecule has 2 aromatic carbocycles. The molecule has 0 amide bonds. The molecule has 0 fully saturated rings. The number of hydrogen-bond donors (Lipinski definition) is 1. The first-order valence-corrected chi connectivity index (χ1v) is 8.97. The summed E-state index contributed by atoms with van der Waals surface area (Å²) in [4.78, 5) is 6.63. The van der Waals surface area contributed by atoms with Crippen LogP contribution in [0.4, 0.5) is 11.4 Å². The van der Waals surface area contributed by atoms with Gasteiger partial charge in [0.1, 0.15) is 0 Å². The molecule has 0 aliphatic heterocycles. The molecule has 1 aromatic heterocycles. The van der Waals surface area contributed by atoms with Crippen LogP contribution in [0.1, 0.15) is 18.3 Å². The zero-order chi connectivity index (χ0) is 20.1. The summed E-state index contributed by atoms with van der Waals surface area (Å²) in [7, 11) is 4.02. The molecule has 1 N–H and O–H groups in total. The van der Waals surface area contributed by atoms with Crippen LogP contribution in [0.5, 0.6) is 0 Å². The first-order valence-electron chi connectivity index (χ1n) is 8.97.